The minimum absolute atomic E-state index is 0.201. The van der Waals surface area contributed by atoms with Crippen molar-refractivity contribution in [2.75, 3.05) is 36.4 Å². The first-order valence-corrected chi connectivity index (χ1v) is 12.5. The Morgan fingerprint density at radius 3 is 2.24 bits per heavy atom. The van der Waals surface area contributed by atoms with E-state index in [4.69, 9.17) is 0 Å². The number of carbonyl (C=O) groups is 1. The van der Waals surface area contributed by atoms with Crippen molar-refractivity contribution < 1.29 is 13.2 Å². The van der Waals surface area contributed by atoms with Crippen LogP contribution in [0.5, 0.6) is 0 Å². The minimum Gasteiger partial charge on any atom is -0.354 e. The number of amides is 1. The van der Waals surface area contributed by atoms with Gasteiger partial charge in [-0.1, -0.05) is 0 Å². The number of benzene rings is 1. The van der Waals surface area contributed by atoms with Crippen LogP contribution in [-0.4, -0.2) is 64.3 Å². The molecule has 3 heterocycles. The Hall–Kier alpha value is -3.31. The van der Waals surface area contributed by atoms with Gasteiger partial charge >= 0.3 is 0 Å². The molecule has 1 fully saturated rings. The fraction of sp³-hybridized carbons (Fsp3) is 0.391. The number of nitrogens with one attached hydrogen (secondary N) is 1. The molecule has 0 atom stereocenters. The Kier molecular flexibility index (Phi) is 6.41. The fourth-order valence-electron chi connectivity index (χ4n) is 4.07. The molecule has 4 rings (SSSR count). The van der Waals surface area contributed by atoms with Gasteiger partial charge in [-0.2, -0.15) is 4.31 Å². The maximum atomic E-state index is 13.3. The lowest BCUT2D eigenvalue weighted by molar-refractivity contribution is -0.114. The topological polar surface area (TPSA) is 113 Å². The highest BCUT2D eigenvalue weighted by Gasteiger charge is 2.30. The maximum absolute atomic E-state index is 13.3. The van der Waals surface area contributed by atoms with Gasteiger partial charge in [-0.05, 0) is 51.5 Å². The second kappa shape index (κ2) is 9.15. The largest absolute Gasteiger partial charge is 0.354 e. The Morgan fingerprint density at radius 1 is 0.971 bits per heavy atom. The number of anilines is 2. The van der Waals surface area contributed by atoms with Gasteiger partial charge in [0.05, 0.1) is 10.6 Å². The van der Waals surface area contributed by atoms with E-state index in [0.717, 1.165) is 23.0 Å². The molecular formula is C23H29N7O3S. The summed E-state index contributed by atoms with van der Waals surface area (Å²) in [6.07, 6.45) is 1.75. The molecule has 1 saturated heterocycles. The maximum Gasteiger partial charge on any atom is 0.243 e. The van der Waals surface area contributed by atoms with Crippen molar-refractivity contribution in [1.82, 2.24) is 23.8 Å². The molecule has 0 aliphatic carbocycles. The van der Waals surface area contributed by atoms with Crippen LogP contribution < -0.4 is 10.2 Å². The molecule has 1 aliphatic rings. The number of rotatable bonds is 5. The van der Waals surface area contributed by atoms with Gasteiger partial charge in [-0.15, -0.1) is 0 Å². The van der Waals surface area contributed by atoms with Crippen molar-refractivity contribution >= 4 is 27.4 Å². The summed E-state index contributed by atoms with van der Waals surface area (Å²) >= 11 is 0. The number of nitrogens with zero attached hydrogens (tertiary/aromatic N) is 6. The Bertz CT molecular complexity index is 1340. The van der Waals surface area contributed by atoms with Crippen LogP contribution in [0.1, 0.15) is 29.7 Å². The fourth-order valence-corrected chi connectivity index (χ4v) is 5.70. The molecule has 1 amide bonds. The normalized spacial score (nSPS) is 14.9. The van der Waals surface area contributed by atoms with Crippen molar-refractivity contribution in [3.63, 3.8) is 0 Å². The summed E-state index contributed by atoms with van der Waals surface area (Å²) in [6.45, 7) is 10.7. The van der Waals surface area contributed by atoms with Crippen LogP contribution in [-0.2, 0) is 14.8 Å². The summed E-state index contributed by atoms with van der Waals surface area (Å²) in [6, 6.07) is 6.76. The summed E-state index contributed by atoms with van der Waals surface area (Å²) < 4.78 is 30.0. The summed E-state index contributed by atoms with van der Waals surface area (Å²) in [5, 5.41) is 2.68. The summed E-state index contributed by atoms with van der Waals surface area (Å²) in [4.78, 5) is 27.1. The lowest BCUT2D eigenvalue weighted by Crippen LogP contribution is -2.49. The predicted octanol–water partition coefficient (Wildman–Crippen LogP) is 2.37. The van der Waals surface area contributed by atoms with E-state index in [-0.39, 0.29) is 10.8 Å². The molecule has 0 radical (unpaired) electrons. The zero-order valence-electron chi connectivity index (χ0n) is 20.0. The molecule has 3 aromatic rings. The molecule has 0 saturated carbocycles. The van der Waals surface area contributed by atoms with Gasteiger partial charge in [-0.3, -0.25) is 9.36 Å². The Labute approximate surface area is 199 Å². The van der Waals surface area contributed by atoms with E-state index in [0.29, 0.717) is 43.3 Å². The van der Waals surface area contributed by atoms with Crippen molar-refractivity contribution in [2.24, 2.45) is 0 Å². The van der Waals surface area contributed by atoms with Gasteiger partial charge in [0.25, 0.3) is 0 Å². The van der Waals surface area contributed by atoms with Crippen LogP contribution in [0.4, 0.5) is 11.5 Å². The number of sulfonamides is 1. The number of imidazole rings is 1. The Morgan fingerprint density at radius 2 is 1.65 bits per heavy atom. The van der Waals surface area contributed by atoms with E-state index in [9.17, 15) is 13.2 Å². The van der Waals surface area contributed by atoms with Gasteiger partial charge in [0.2, 0.25) is 15.9 Å². The zero-order chi connectivity index (χ0) is 24.6. The molecule has 10 nitrogen and oxygen atoms in total. The molecule has 34 heavy (non-hydrogen) atoms. The van der Waals surface area contributed by atoms with Crippen molar-refractivity contribution in [3.8, 4) is 5.82 Å². The Balaban J connectivity index is 1.51. The van der Waals surface area contributed by atoms with E-state index >= 15 is 0 Å². The van der Waals surface area contributed by atoms with Gasteiger partial charge in [0.1, 0.15) is 23.8 Å². The van der Waals surface area contributed by atoms with Crippen LogP contribution >= 0.6 is 0 Å². The SMILES string of the molecule is CC(=O)Nc1ccc(S(=O)(=O)N2CCN(c3cc(-n4cnc(C)c4C)nc(C)n3)CC2)c(C)c1. The first kappa shape index (κ1) is 23.8. The minimum atomic E-state index is -3.66. The van der Waals surface area contributed by atoms with Gasteiger partial charge < -0.3 is 10.2 Å². The molecular weight excluding hydrogens is 454 g/mol. The van der Waals surface area contributed by atoms with E-state index in [2.05, 4.69) is 25.2 Å². The number of hydrogen-bond acceptors (Lipinski definition) is 7. The molecule has 0 bridgehead atoms. The van der Waals surface area contributed by atoms with E-state index < -0.39 is 10.0 Å². The van der Waals surface area contributed by atoms with Crippen LogP contribution in [0.25, 0.3) is 5.82 Å². The zero-order valence-corrected chi connectivity index (χ0v) is 20.8. The van der Waals surface area contributed by atoms with Crippen LogP contribution in [0, 0.1) is 27.7 Å². The third-order valence-corrected chi connectivity index (χ3v) is 8.04. The molecule has 1 aromatic carbocycles. The van der Waals surface area contributed by atoms with Crippen molar-refractivity contribution in [3.05, 3.63) is 53.4 Å². The monoisotopic (exact) mass is 483 g/mol. The van der Waals surface area contributed by atoms with Crippen LogP contribution in [0.2, 0.25) is 0 Å². The predicted molar refractivity (Wildman–Crippen MR) is 130 cm³/mol. The van der Waals surface area contributed by atoms with E-state index in [1.807, 2.05) is 31.4 Å². The molecule has 1 aliphatic heterocycles. The van der Waals surface area contributed by atoms with E-state index in [1.54, 1.807) is 31.5 Å². The third kappa shape index (κ3) is 4.66. The van der Waals surface area contributed by atoms with E-state index in [1.165, 1.54) is 11.2 Å². The first-order chi connectivity index (χ1) is 16.1. The van der Waals surface area contributed by atoms with Crippen molar-refractivity contribution in [2.45, 2.75) is 39.5 Å². The second-order valence-electron chi connectivity index (χ2n) is 8.47. The smallest absolute Gasteiger partial charge is 0.243 e. The van der Waals surface area contributed by atoms with Crippen molar-refractivity contribution in [1.29, 1.82) is 0 Å². The first-order valence-electron chi connectivity index (χ1n) is 11.1. The number of piperazine rings is 1. The molecule has 180 valence electrons. The molecule has 1 N–H and O–H groups in total. The lowest BCUT2D eigenvalue weighted by Gasteiger charge is -2.35. The van der Waals surface area contributed by atoms with Crippen LogP contribution in [0.3, 0.4) is 0 Å². The molecule has 0 spiro atoms. The number of hydrogen-bond donors (Lipinski definition) is 1. The highest BCUT2D eigenvalue weighted by molar-refractivity contribution is 7.89. The number of carbonyl (C=O) groups excluding carboxylic acids is 1. The average Bonchev–Trinajstić information content (AvgIpc) is 3.11. The second-order valence-corrected chi connectivity index (χ2v) is 10.4. The molecule has 2 aromatic heterocycles. The third-order valence-electron chi connectivity index (χ3n) is 5.99. The highest BCUT2D eigenvalue weighted by Crippen LogP contribution is 2.26. The summed E-state index contributed by atoms with van der Waals surface area (Å²) in [5.74, 6) is 1.95. The van der Waals surface area contributed by atoms with Gasteiger partial charge in [0, 0.05) is 50.6 Å². The lowest BCUT2D eigenvalue weighted by atomic mass is 10.2. The van der Waals surface area contributed by atoms with Crippen LogP contribution in [0.15, 0.2) is 35.5 Å². The summed E-state index contributed by atoms with van der Waals surface area (Å²) in [5.41, 5.74) is 3.12. The number of aryl methyl sites for hydroxylation is 3. The standard InChI is InChI=1S/C23H29N7O3S/c1-15-12-20(27-19(5)31)6-7-21(15)34(32,33)29-10-8-28(9-11-29)22-13-23(26-18(4)25-22)30-14-24-16(2)17(30)3/h6-7,12-14H,8-11H2,1-5H3,(H,27,31). The number of aromatic nitrogens is 4. The summed E-state index contributed by atoms with van der Waals surface area (Å²) in [7, 11) is -3.66. The van der Waals surface area contributed by atoms with Gasteiger partial charge in [-0.25, -0.2) is 23.4 Å². The molecule has 0 unspecified atom stereocenters. The highest BCUT2D eigenvalue weighted by atomic mass is 32.2. The van der Waals surface area contributed by atoms with Gasteiger partial charge in [0.15, 0.2) is 0 Å². The molecule has 11 heteroatoms. The average molecular weight is 484 g/mol. The quantitative estimate of drug-likeness (QED) is 0.593.